The number of carbonyl (C=O) groups excluding carboxylic acids is 1. The highest BCUT2D eigenvalue weighted by Gasteiger charge is 2.26. The molecule has 2 rings (SSSR count). The number of piperazine rings is 1. The van der Waals surface area contributed by atoms with Crippen LogP contribution < -0.4 is 0 Å². The van der Waals surface area contributed by atoms with Crippen LogP contribution in [-0.4, -0.2) is 48.4 Å². The van der Waals surface area contributed by atoms with Gasteiger partial charge in [-0.05, 0) is 19.0 Å². The molecule has 1 saturated heterocycles. The van der Waals surface area contributed by atoms with Gasteiger partial charge in [-0.1, -0.05) is 44.2 Å². The van der Waals surface area contributed by atoms with Crippen LogP contribution in [0.3, 0.4) is 0 Å². The summed E-state index contributed by atoms with van der Waals surface area (Å²) in [5.41, 5.74) is 1.30. The SMILES string of the molecule is CC.CC(=O)N1CCN(C)CC1Cc1ccccc1. The number of hydrogen-bond acceptors (Lipinski definition) is 2. The smallest absolute Gasteiger partial charge is 0.219 e. The van der Waals surface area contributed by atoms with Crippen molar-refractivity contribution in [1.82, 2.24) is 9.80 Å². The van der Waals surface area contributed by atoms with Crippen LogP contribution in [0.4, 0.5) is 0 Å². The van der Waals surface area contributed by atoms with Gasteiger partial charge in [0.15, 0.2) is 0 Å². The second kappa shape index (κ2) is 7.95. The fraction of sp³-hybridized carbons (Fsp3) is 0.562. The van der Waals surface area contributed by atoms with E-state index in [1.165, 1.54) is 5.56 Å². The van der Waals surface area contributed by atoms with Gasteiger partial charge in [0.05, 0.1) is 0 Å². The summed E-state index contributed by atoms with van der Waals surface area (Å²) < 4.78 is 0. The second-order valence-electron chi connectivity index (χ2n) is 4.82. The van der Waals surface area contributed by atoms with Gasteiger partial charge in [0.2, 0.25) is 5.91 Å². The maximum atomic E-state index is 11.6. The Morgan fingerprint density at radius 1 is 1.21 bits per heavy atom. The molecule has 3 nitrogen and oxygen atoms in total. The molecule has 0 aliphatic carbocycles. The van der Waals surface area contributed by atoms with Crippen LogP contribution in [0.5, 0.6) is 0 Å². The van der Waals surface area contributed by atoms with Crippen molar-refractivity contribution in [2.45, 2.75) is 33.2 Å². The Balaban J connectivity index is 0.000000861. The Labute approximate surface area is 117 Å². The van der Waals surface area contributed by atoms with Gasteiger partial charge in [-0.2, -0.15) is 0 Å². The quantitative estimate of drug-likeness (QED) is 0.817. The predicted molar refractivity (Wildman–Crippen MR) is 80.2 cm³/mol. The lowest BCUT2D eigenvalue weighted by Gasteiger charge is -2.39. The Morgan fingerprint density at radius 2 is 1.84 bits per heavy atom. The zero-order valence-electron chi connectivity index (χ0n) is 12.6. The van der Waals surface area contributed by atoms with Gasteiger partial charge in [-0.15, -0.1) is 0 Å². The first kappa shape index (κ1) is 15.7. The third-order valence-electron chi connectivity index (χ3n) is 3.40. The minimum absolute atomic E-state index is 0.194. The molecular weight excluding hydrogens is 236 g/mol. The van der Waals surface area contributed by atoms with E-state index in [2.05, 4.69) is 36.2 Å². The first-order valence-electron chi connectivity index (χ1n) is 7.16. The molecule has 106 valence electrons. The number of rotatable bonds is 2. The topological polar surface area (TPSA) is 23.6 Å². The third kappa shape index (κ3) is 4.67. The fourth-order valence-electron chi connectivity index (χ4n) is 2.49. The maximum Gasteiger partial charge on any atom is 0.219 e. The largest absolute Gasteiger partial charge is 0.337 e. The van der Waals surface area contributed by atoms with E-state index in [0.717, 1.165) is 26.1 Å². The maximum absolute atomic E-state index is 11.6. The Morgan fingerprint density at radius 3 is 2.42 bits per heavy atom. The van der Waals surface area contributed by atoms with E-state index in [0.29, 0.717) is 6.04 Å². The van der Waals surface area contributed by atoms with Gasteiger partial charge in [-0.3, -0.25) is 4.79 Å². The van der Waals surface area contributed by atoms with E-state index in [1.807, 2.05) is 24.8 Å². The molecule has 1 amide bonds. The van der Waals surface area contributed by atoms with Gasteiger partial charge >= 0.3 is 0 Å². The summed E-state index contributed by atoms with van der Waals surface area (Å²) in [4.78, 5) is 15.9. The standard InChI is InChI=1S/C14H20N2O.C2H6/c1-12(17)16-9-8-15(2)11-14(16)10-13-6-4-3-5-7-13;1-2/h3-7,14H,8-11H2,1-2H3;1-2H3. The molecule has 0 aromatic heterocycles. The molecule has 1 unspecified atom stereocenters. The molecular formula is C16H26N2O. The molecule has 1 aliphatic heterocycles. The third-order valence-corrected chi connectivity index (χ3v) is 3.40. The van der Waals surface area contributed by atoms with Crippen molar-refractivity contribution >= 4 is 5.91 Å². The number of carbonyl (C=O) groups is 1. The summed E-state index contributed by atoms with van der Waals surface area (Å²) in [5.74, 6) is 0.194. The first-order valence-corrected chi connectivity index (χ1v) is 7.16. The van der Waals surface area contributed by atoms with Gasteiger partial charge in [-0.25, -0.2) is 0 Å². The van der Waals surface area contributed by atoms with E-state index in [9.17, 15) is 4.79 Å². The van der Waals surface area contributed by atoms with Crippen LogP contribution in [0.25, 0.3) is 0 Å². The zero-order chi connectivity index (χ0) is 14.3. The van der Waals surface area contributed by atoms with Crippen molar-refractivity contribution in [3.05, 3.63) is 35.9 Å². The Hall–Kier alpha value is -1.35. The van der Waals surface area contributed by atoms with Crippen LogP contribution in [0.1, 0.15) is 26.3 Å². The molecule has 0 bridgehead atoms. The summed E-state index contributed by atoms with van der Waals surface area (Å²) in [6, 6.07) is 10.7. The molecule has 0 saturated carbocycles. The molecule has 1 aliphatic rings. The van der Waals surface area contributed by atoms with E-state index in [1.54, 1.807) is 6.92 Å². The monoisotopic (exact) mass is 262 g/mol. The number of amides is 1. The van der Waals surface area contributed by atoms with Crippen molar-refractivity contribution in [1.29, 1.82) is 0 Å². The molecule has 0 radical (unpaired) electrons. The van der Waals surface area contributed by atoms with Crippen LogP contribution in [0.2, 0.25) is 0 Å². The van der Waals surface area contributed by atoms with Crippen molar-refractivity contribution in [3.63, 3.8) is 0 Å². The molecule has 0 spiro atoms. The normalized spacial score (nSPS) is 19.6. The van der Waals surface area contributed by atoms with Crippen LogP contribution in [-0.2, 0) is 11.2 Å². The lowest BCUT2D eigenvalue weighted by Crippen LogP contribution is -2.54. The lowest BCUT2D eigenvalue weighted by atomic mass is 10.0. The molecule has 3 heteroatoms. The first-order chi connectivity index (χ1) is 9.16. The summed E-state index contributed by atoms with van der Waals surface area (Å²) in [6.45, 7) is 8.46. The number of benzene rings is 1. The number of hydrogen-bond donors (Lipinski definition) is 0. The molecule has 0 N–H and O–H groups in total. The van der Waals surface area contributed by atoms with E-state index >= 15 is 0 Å². The van der Waals surface area contributed by atoms with Gasteiger partial charge in [0, 0.05) is 32.6 Å². The van der Waals surface area contributed by atoms with E-state index in [4.69, 9.17) is 0 Å². The molecule has 1 aromatic rings. The van der Waals surface area contributed by atoms with E-state index in [-0.39, 0.29) is 5.91 Å². The van der Waals surface area contributed by atoms with Gasteiger partial charge < -0.3 is 9.80 Å². The van der Waals surface area contributed by atoms with Crippen molar-refractivity contribution in [2.75, 3.05) is 26.7 Å². The van der Waals surface area contributed by atoms with Crippen LogP contribution in [0, 0.1) is 0 Å². The minimum Gasteiger partial charge on any atom is -0.337 e. The highest BCUT2D eigenvalue weighted by atomic mass is 16.2. The minimum atomic E-state index is 0.194. The molecule has 1 heterocycles. The summed E-state index contributed by atoms with van der Waals surface area (Å²) in [5, 5.41) is 0. The summed E-state index contributed by atoms with van der Waals surface area (Å²) in [7, 11) is 2.12. The highest BCUT2D eigenvalue weighted by molar-refractivity contribution is 5.73. The Kier molecular flexibility index (Phi) is 6.57. The fourth-order valence-corrected chi connectivity index (χ4v) is 2.49. The van der Waals surface area contributed by atoms with Crippen molar-refractivity contribution in [2.24, 2.45) is 0 Å². The summed E-state index contributed by atoms with van der Waals surface area (Å²) >= 11 is 0. The second-order valence-corrected chi connectivity index (χ2v) is 4.82. The average molecular weight is 262 g/mol. The lowest BCUT2D eigenvalue weighted by molar-refractivity contribution is -0.133. The van der Waals surface area contributed by atoms with Crippen molar-refractivity contribution < 1.29 is 4.79 Å². The molecule has 1 atom stereocenters. The Bertz CT molecular complexity index is 378. The zero-order valence-corrected chi connectivity index (χ0v) is 12.6. The summed E-state index contributed by atoms with van der Waals surface area (Å²) in [6.07, 6.45) is 0.949. The molecule has 1 fully saturated rings. The predicted octanol–water partition coefficient (Wildman–Crippen LogP) is 2.42. The molecule has 1 aromatic carbocycles. The average Bonchev–Trinajstić information content (AvgIpc) is 2.42. The van der Waals surface area contributed by atoms with Gasteiger partial charge in [0.25, 0.3) is 0 Å². The van der Waals surface area contributed by atoms with Crippen molar-refractivity contribution in [3.8, 4) is 0 Å². The molecule has 19 heavy (non-hydrogen) atoms. The van der Waals surface area contributed by atoms with Crippen LogP contribution in [0.15, 0.2) is 30.3 Å². The van der Waals surface area contributed by atoms with E-state index < -0.39 is 0 Å². The number of likely N-dealkylation sites (N-methyl/N-ethyl adjacent to an activating group) is 1. The highest BCUT2D eigenvalue weighted by Crippen LogP contribution is 2.14. The van der Waals surface area contributed by atoms with Crippen LogP contribution >= 0.6 is 0 Å². The number of nitrogens with zero attached hydrogens (tertiary/aromatic N) is 2. The van der Waals surface area contributed by atoms with Gasteiger partial charge in [0.1, 0.15) is 0 Å².